The Hall–Kier alpha value is -1.84. The van der Waals surface area contributed by atoms with E-state index in [4.69, 9.17) is 0 Å². The Kier molecular flexibility index (Phi) is 6.44. The normalized spacial score (nSPS) is 29.2. The molecule has 38 heavy (non-hydrogen) atoms. The van der Waals surface area contributed by atoms with E-state index in [1.807, 2.05) is 0 Å². The summed E-state index contributed by atoms with van der Waals surface area (Å²) >= 11 is 0. The van der Waals surface area contributed by atoms with Crippen LogP contribution in [-0.2, 0) is 39.7 Å². The second-order valence-electron chi connectivity index (χ2n) is 10.6. The minimum Gasteiger partial charge on any atom is -0.229 e. The fourth-order valence-electron chi connectivity index (χ4n) is 6.20. The maximum absolute atomic E-state index is 14.1. The molecule has 3 aliphatic rings. The molecule has 0 aromatic heterocycles. The second kappa shape index (κ2) is 8.83. The molecule has 10 nitrogen and oxygen atoms in total. The molecule has 0 bridgehead atoms. The van der Waals surface area contributed by atoms with Crippen molar-refractivity contribution in [3.63, 3.8) is 0 Å². The molecular formula is C24H30N2O8S4. The highest BCUT2D eigenvalue weighted by atomic mass is 32.2. The monoisotopic (exact) mass is 602 g/mol. The molecule has 0 spiro atoms. The summed E-state index contributed by atoms with van der Waals surface area (Å²) in [6, 6.07) is 4.40. The Bertz CT molecular complexity index is 1600. The van der Waals surface area contributed by atoms with Gasteiger partial charge in [-0.3, -0.25) is 0 Å². The first-order valence-electron chi connectivity index (χ1n) is 12.1. The van der Waals surface area contributed by atoms with Gasteiger partial charge in [0.15, 0.2) is 19.7 Å². The molecule has 14 heteroatoms. The van der Waals surface area contributed by atoms with Crippen molar-refractivity contribution >= 4 is 39.7 Å². The minimum atomic E-state index is -4.38. The lowest BCUT2D eigenvalue weighted by atomic mass is 10.0. The van der Waals surface area contributed by atoms with Crippen molar-refractivity contribution in [2.24, 2.45) is 0 Å². The Labute approximate surface area is 224 Å². The van der Waals surface area contributed by atoms with Gasteiger partial charge in [-0.25, -0.2) is 33.7 Å². The van der Waals surface area contributed by atoms with Crippen LogP contribution in [0.15, 0.2) is 46.2 Å². The summed E-state index contributed by atoms with van der Waals surface area (Å²) in [6.07, 6.45) is 0. The van der Waals surface area contributed by atoms with Gasteiger partial charge in [-0.05, 0) is 51.0 Å². The van der Waals surface area contributed by atoms with E-state index in [0.717, 1.165) is 19.7 Å². The molecule has 3 heterocycles. The fourth-order valence-corrected chi connectivity index (χ4v) is 14.6. The van der Waals surface area contributed by atoms with Gasteiger partial charge in [0.05, 0.1) is 57.0 Å². The van der Waals surface area contributed by atoms with Crippen molar-refractivity contribution in [2.75, 3.05) is 23.0 Å². The highest BCUT2D eigenvalue weighted by molar-refractivity contribution is 7.93. The molecule has 0 unspecified atom stereocenters. The zero-order valence-electron chi connectivity index (χ0n) is 21.4. The number of hydrogen-bond donors (Lipinski definition) is 0. The van der Waals surface area contributed by atoms with Crippen molar-refractivity contribution < 1.29 is 33.7 Å². The second-order valence-corrected chi connectivity index (χ2v) is 18.6. The first-order valence-corrected chi connectivity index (χ1v) is 18.6. The number of fused-ring (bicyclic) bond motifs is 2. The van der Waals surface area contributed by atoms with Gasteiger partial charge >= 0.3 is 0 Å². The van der Waals surface area contributed by atoms with Crippen LogP contribution in [0.4, 0.5) is 0 Å². The average Bonchev–Trinajstić information content (AvgIpc) is 3.23. The minimum absolute atomic E-state index is 0.0557. The van der Waals surface area contributed by atoms with E-state index in [2.05, 4.69) is 0 Å². The van der Waals surface area contributed by atoms with E-state index in [1.54, 1.807) is 52.0 Å². The third kappa shape index (κ3) is 4.42. The van der Waals surface area contributed by atoms with Gasteiger partial charge < -0.3 is 0 Å². The van der Waals surface area contributed by atoms with Crippen molar-refractivity contribution in [3.8, 4) is 0 Å². The van der Waals surface area contributed by atoms with Crippen LogP contribution in [0.25, 0.3) is 0 Å². The van der Waals surface area contributed by atoms with Crippen LogP contribution in [0.1, 0.15) is 22.3 Å². The van der Waals surface area contributed by atoms with Gasteiger partial charge in [-0.15, -0.1) is 0 Å². The molecule has 208 valence electrons. The summed E-state index contributed by atoms with van der Waals surface area (Å²) in [7, 11) is -16.4. The highest BCUT2D eigenvalue weighted by Gasteiger charge is 2.63. The molecule has 5 rings (SSSR count). The van der Waals surface area contributed by atoms with Gasteiger partial charge in [0.1, 0.15) is 0 Å². The molecule has 3 aliphatic heterocycles. The van der Waals surface area contributed by atoms with E-state index in [9.17, 15) is 33.7 Å². The summed E-state index contributed by atoms with van der Waals surface area (Å²) in [4.78, 5) is -0.111. The fraction of sp³-hybridized carbons (Fsp3) is 0.500. The molecule has 0 aliphatic carbocycles. The van der Waals surface area contributed by atoms with Crippen molar-refractivity contribution in [3.05, 3.63) is 58.7 Å². The molecule has 2 aromatic carbocycles. The van der Waals surface area contributed by atoms with Gasteiger partial charge in [0.25, 0.3) is 0 Å². The number of rotatable bonds is 4. The van der Waals surface area contributed by atoms with Gasteiger partial charge in [-0.2, -0.15) is 8.61 Å². The van der Waals surface area contributed by atoms with Crippen LogP contribution in [0.2, 0.25) is 0 Å². The van der Waals surface area contributed by atoms with E-state index < -0.39 is 86.9 Å². The largest absolute Gasteiger partial charge is 0.244 e. The Morgan fingerprint density at radius 1 is 0.579 bits per heavy atom. The Morgan fingerprint density at radius 2 is 0.868 bits per heavy atom. The van der Waals surface area contributed by atoms with Crippen LogP contribution in [0.5, 0.6) is 0 Å². The number of nitrogens with zero attached hydrogens (tertiary/aromatic N) is 2. The van der Waals surface area contributed by atoms with Crippen LogP contribution in [0.3, 0.4) is 0 Å². The molecule has 3 fully saturated rings. The first kappa shape index (κ1) is 27.7. The van der Waals surface area contributed by atoms with E-state index in [1.165, 1.54) is 12.1 Å². The van der Waals surface area contributed by atoms with Crippen molar-refractivity contribution in [1.82, 2.24) is 8.61 Å². The molecular weight excluding hydrogens is 573 g/mol. The molecule has 4 atom stereocenters. The molecule has 0 radical (unpaired) electrons. The number of sulfonamides is 2. The molecule has 0 N–H and O–H groups in total. The lowest BCUT2D eigenvalue weighted by Crippen LogP contribution is -2.70. The maximum atomic E-state index is 14.1. The number of hydrogen-bond acceptors (Lipinski definition) is 8. The Morgan fingerprint density at radius 3 is 1.13 bits per heavy atom. The predicted molar refractivity (Wildman–Crippen MR) is 142 cm³/mol. The van der Waals surface area contributed by atoms with Gasteiger partial charge in [-0.1, -0.05) is 35.4 Å². The number of piperazine rings is 1. The smallest absolute Gasteiger partial charge is 0.229 e. The predicted octanol–water partition coefficient (Wildman–Crippen LogP) is 0.947. The van der Waals surface area contributed by atoms with Crippen LogP contribution < -0.4 is 0 Å². The third-order valence-electron chi connectivity index (χ3n) is 7.67. The molecule has 2 aromatic rings. The first-order chi connectivity index (χ1) is 17.4. The molecule has 3 saturated heterocycles. The summed E-state index contributed by atoms with van der Waals surface area (Å²) in [6.45, 7) is 6.84. The number of sulfone groups is 2. The topological polar surface area (TPSA) is 143 Å². The summed E-state index contributed by atoms with van der Waals surface area (Å²) in [5.41, 5.74) is 2.53. The SMILES string of the molecule is Cc1ccc(S(=O)(=O)N2[C@@H]3CS(=O)(=O)C[C@@H]3N(S(=O)(=O)c3ccc(C)cc3C)[C@@H]3CS(=O)(=O)C[C@@H]32)c(C)c1. The van der Waals surface area contributed by atoms with Crippen LogP contribution in [0, 0.1) is 27.7 Å². The zero-order valence-corrected chi connectivity index (χ0v) is 24.7. The third-order valence-corrected chi connectivity index (χ3v) is 15.3. The standard InChI is InChI=1S/C24H30N2O8S4/c1-15-5-7-23(17(3)9-15)37(31,32)25-19-11-35(27,28)13-21(19)26(22-14-36(29,30)12-20(22)25)38(33,34)24-8-6-16(2)10-18(24)4/h5-10,19-22H,11-14H2,1-4H3/t19-,20+,21+,22-. The zero-order chi connectivity index (χ0) is 28.0. The summed E-state index contributed by atoms with van der Waals surface area (Å²) in [5, 5.41) is 0. The lowest BCUT2D eigenvalue weighted by molar-refractivity contribution is 0.0841. The molecule has 0 saturated carbocycles. The summed E-state index contributed by atoms with van der Waals surface area (Å²) < 4.78 is 110. The van der Waals surface area contributed by atoms with Crippen molar-refractivity contribution in [1.29, 1.82) is 0 Å². The van der Waals surface area contributed by atoms with Crippen molar-refractivity contribution in [2.45, 2.75) is 61.7 Å². The Balaban J connectivity index is 1.73. The summed E-state index contributed by atoms with van der Waals surface area (Å²) in [5.74, 6) is -2.37. The number of aryl methyl sites for hydroxylation is 4. The van der Waals surface area contributed by atoms with E-state index in [-0.39, 0.29) is 9.79 Å². The van der Waals surface area contributed by atoms with Crippen LogP contribution >= 0.6 is 0 Å². The van der Waals surface area contributed by atoms with E-state index >= 15 is 0 Å². The lowest BCUT2D eigenvalue weighted by Gasteiger charge is -2.49. The quantitative estimate of drug-likeness (QED) is 0.503. The highest BCUT2D eigenvalue weighted by Crippen LogP contribution is 2.43. The van der Waals surface area contributed by atoms with E-state index in [0.29, 0.717) is 11.1 Å². The number of benzene rings is 2. The molecule has 0 amide bonds. The van der Waals surface area contributed by atoms with Gasteiger partial charge in [0, 0.05) is 0 Å². The maximum Gasteiger partial charge on any atom is 0.244 e. The average molecular weight is 603 g/mol. The van der Waals surface area contributed by atoms with Gasteiger partial charge in [0.2, 0.25) is 20.0 Å². The van der Waals surface area contributed by atoms with Crippen LogP contribution in [-0.4, -0.2) is 89.5 Å².